The second kappa shape index (κ2) is 5.71. The average Bonchev–Trinajstić information content (AvgIpc) is 2.92. The van der Waals surface area contributed by atoms with E-state index in [1.807, 2.05) is 25.1 Å². The molecule has 6 heteroatoms. The van der Waals surface area contributed by atoms with Crippen LogP contribution < -0.4 is 10.6 Å². The summed E-state index contributed by atoms with van der Waals surface area (Å²) in [4.78, 5) is 17.1. The molecule has 1 fully saturated rings. The first-order valence-electron chi connectivity index (χ1n) is 7.08. The molecule has 1 aromatic carbocycles. The van der Waals surface area contributed by atoms with Crippen molar-refractivity contribution in [2.24, 2.45) is 0 Å². The molecule has 2 aromatic rings. The molecule has 112 valence electrons. The summed E-state index contributed by atoms with van der Waals surface area (Å²) in [5, 5.41) is 6.82. The molecule has 0 bridgehead atoms. The molecule has 2 heterocycles. The number of piperidine rings is 1. The lowest BCUT2D eigenvalue weighted by atomic mass is 9.91. The van der Waals surface area contributed by atoms with Crippen LogP contribution in [0.1, 0.15) is 18.4 Å². The number of ether oxygens (including phenoxy) is 1. The Bertz CT molecular complexity index is 662. The van der Waals surface area contributed by atoms with Gasteiger partial charge in [0.15, 0.2) is 5.13 Å². The minimum atomic E-state index is -0.738. The van der Waals surface area contributed by atoms with Crippen LogP contribution in [0.4, 0.5) is 5.13 Å². The number of para-hydroxylation sites is 1. The number of fused-ring (bicyclic) bond motifs is 1. The minimum absolute atomic E-state index is 0.0943. The third-order valence-corrected chi connectivity index (χ3v) is 4.99. The molecule has 0 unspecified atom stereocenters. The number of nitrogens with one attached hydrogen (secondary N) is 2. The molecule has 21 heavy (non-hydrogen) atoms. The first kappa shape index (κ1) is 14.4. The molecule has 1 aliphatic heterocycles. The fraction of sp³-hybridized carbons (Fsp3) is 0.467. The van der Waals surface area contributed by atoms with E-state index in [4.69, 9.17) is 4.74 Å². The summed E-state index contributed by atoms with van der Waals surface area (Å²) in [7, 11) is 1.60. The van der Waals surface area contributed by atoms with Gasteiger partial charge in [-0.1, -0.05) is 23.5 Å². The molecule has 5 nitrogen and oxygen atoms in total. The number of rotatable bonds is 3. The highest BCUT2D eigenvalue weighted by atomic mass is 32.1. The highest BCUT2D eigenvalue weighted by Gasteiger charge is 2.40. The van der Waals surface area contributed by atoms with Gasteiger partial charge in [0.1, 0.15) is 5.60 Å². The monoisotopic (exact) mass is 305 g/mol. The Morgan fingerprint density at radius 1 is 1.43 bits per heavy atom. The topological polar surface area (TPSA) is 63.2 Å². The second-order valence-electron chi connectivity index (χ2n) is 5.34. The van der Waals surface area contributed by atoms with Crippen molar-refractivity contribution in [2.75, 3.05) is 25.5 Å². The summed E-state index contributed by atoms with van der Waals surface area (Å²) in [5.74, 6) is -0.0943. The second-order valence-corrected chi connectivity index (χ2v) is 6.37. The van der Waals surface area contributed by atoms with Gasteiger partial charge in [-0.3, -0.25) is 10.1 Å². The molecule has 0 spiro atoms. The number of amides is 1. The number of carbonyl (C=O) groups excluding carboxylic acids is 1. The van der Waals surface area contributed by atoms with Crippen LogP contribution in [-0.2, 0) is 9.53 Å². The number of methoxy groups -OCH3 is 1. The number of hydrogen-bond donors (Lipinski definition) is 2. The van der Waals surface area contributed by atoms with Crippen LogP contribution in [0.5, 0.6) is 0 Å². The zero-order valence-electron chi connectivity index (χ0n) is 12.2. The Balaban J connectivity index is 1.83. The Hall–Kier alpha value is -1.50. The number of hydrogen-bond acceptors (Lipinski definition) is 5. The highest BCUT2D eigenvalue weighted by molar-refractivity contribution is 7.22. The van der Waals surface area contributed by atoms with Gasteiger partial charge in [0, 0.05) is 7.11 Å². The number of thiazole rings is 1. The summed E-state index contributed by atoms with van der Waals surface area (Å²) < 4.78 is 6.62. The lowest BCUT2D eigenvalue weighted by molar-refractivity contribution is -0.140. The molecule has 0 aliphatic carbocycles. The van der Waals surface area contributed by atoms with E-state index in [0.717, 1.165) is 28.9 Å². The van der Waals surface area contributed by atoms with Crippen LogP contribution in [0.2, 0.25) is 0 Å². The van der Waals surface area contributed by atoms with Crippen molar-refractivity contribution in [1.29, 1.82) is 0 Å². The van der Waals surface area contributed by atoms with Gasteiger partial charge in [-0.25, -0.2) is 4.98 Å². The highest BCUT2D eigenvalue weighted by Crippen LogP contribution is 2.30. The van der Waals surface area contributed by atoms with Crippen LogP contribution in [-0.4, -0.2) is 36.7 Å². The van der Waals surface area contributed by atoms with Crippen LogP contribution in [0, 0.1) is 6.92 Å². The Labute approximate surface area is 127 Å². The van der Waals surface area contributed by atoms with Gasteiger partial charge in [0.05, 0.1) is 10.2 Å². The number of carbonyl (C=O) groups is 1. The quantitative estimate of drug-likeness (QED) is 0.913. The molecule has 3 rings (SSSR count). The smallest absolute Gasteiger partial charge is 0.258 e. The van der Waals surface area contributed by atoms with E-state index in [1.54, 1.807) is 7.11 Å². The number of aryl methyl sites for hydroxylation is 1. The number of nitrogens with zero attached hydrogens (tertiary/aromatic N) is 1. The van der Waals surface area contributed by atoms with Gasteiger partial charge < -0.3 is 10.1 Å². The van der Waals surface area contributed by atoms with E-state index < -0.39 is 5.60 Å². The molecule has 1 aliphatic rings. The molecule has 0 atom stereocenters. The van der Waals surface area contributed by atoms with Crippen molar-refractivity contribution in [3.05, 3.63) is 23.8 Å². The van der Waals surface area contributed by atoms with Crippen molar-refractivity contribution in [1.82, 2.24) is 10.3 Å². The first-order chi connectivity index (χ1) is 10.1. The molecule has 1 amide bonds. The molecule has 1 aromatic heterocycles. The van der Waals surface area contributed by atoms with Gasteiger partial charge in [0.2, 0.25) is 0 Å². The van der Waals surface area contributed by atoms with E-state index in [1.165, 1.54) is 11.3 Å². The summed E-state index contributed by atoms with van der Waals surface area (Å²) in [6.07, 6.45) is 1.36. The SMILES string of the molecule is COC1(C(=O)Nc2nc3c(C)cccc3s2)CCNCC1. The number of aromatic nitrogens is 1. The van der Waals surface area contributed by atoms with E-state index in [-0.39, 0.29) is 5.91 Å². The lowest BCUT2D eigenvalue weighted by Crippen LogP contribution is -2.51. The number of benzene rings is 1. The van der Waals surface area contributed by atoms with E-state index in [2.05, 4.69) is 15.6 Å². The third kappa shape index (κ3) is 2.66. The molecule has 1 saturated heterocycles. The van der Waals surface area contributed by atoms with E-state index in [0.29, 0.717) is 18.0 Å². The normalized spacial score (nSPS) is 17.8. The van der Waals surface area contributed by atoms with Crippen molar-refractivity contribution in [2.45, 2.75) is 25.4 Å². The van der Waals surface area contributed by atoms with Gasteiger partial charge in [0.25, 0.3) is 5.91 Å². The van der Waals surface area contributed by atoms with Crippen LogP contribution in [0.3, 0.4) is 0 Å². The minimum Gasteiger partial charge on any atom is -0.368 e. The summed E-state index contributed by atoms with van der Waals surface area (Å²) in [6, 6.07) is 6.05. The molecule has 0 saturated carbocycles. The molecule has 0 radical (unpaired) electrons. The maximum atomic E-state index is 12.6. The number of anilines is 1. The fourth-order valence-corrected chi connectivity index (χ4v) is 3.64. The van der Waals surface area contributed by atoms with Crippen molar-refractivity contribution in [3.63, 3.8) is 0 Å². The lowest BCUT2D eigenvalue weighted by Gasteiger charge is -2.34. The fourth-order valence-electron chi connectivity index (χ4n) is 2.71. The predicted molar refractivity (Wildman–Crippen MR) is 84.8 cm³/mol. The van der Waals surface area contributed by atoms with Gasteiger partial charge in [-0.2, -0.15) is 0 Å². The first-order valence-corrected chi connectivity index (χ1v) is 7.90. The van der Waals surface area contributed by atoms with Gasteiger partial charge >= 0.3 is 0 Å². The maximum absolute atomic E-state index is 12.6. The van der Waals surface area contributed by atoms with Crippen LogP contribution in [0.25, 0.3) is 10.2 Å². The Morgan fingerprint density at radius 3 is 2.86 bits per heavy atom. The van der Waals surface area contributed by atoms with Crippen molar-refractivity contribution >= 4 is 32.6 Å². The van der Waals surface area contributed by atoms with E-state index in [9.17, 15) is 4.79 Å². The van der Waals surface area contributed by atoms with Crippen molar-refractivity contribution in [3.8, 4) is 0 Å². The Kier molecular flexibility index (Phi) is 3.93. The van der Waals surface area contributed by atoms with Gasteiger partial charge in [-0.05, 0) is 44.5 Å². The van der Waals surface area contributed by atoms with E-state index >= 15 is 0 Å². The average molecular weight is 305 g/mol. The standard InChI is InChI=1S/C15H19N3O2S/c1-10-4-3-5-11-12(10)17-14(21-11)18-13(19)15(20-2)6-8-16-9-7-15/h3-5,16H,6-9H2,1-2H3,(H,17,18,19). The maximum Gasteiger partial charge on any atom is 0.258 e. The molecular weight excluding hydrogens is 286 g/mol. The zero-order valence-corrected chi connectivity index (χ0v) is 13.0. The van der Waals surface area contributed by atoms with Gasteiger partial charge in [-0.15, -0.1) is 0 Å². The van der Waals surface area contributed by atoms with Crippen molar-refractivity contribution < 1.29 is 9.53 Å². The summed E-state index contributed by atoms with van der Waals surface area (Å²) in [5.41, 5.74) is 1.33. The van der Waals surface area contributed by atoms with Crippen LogP contribution >= 0.6 is 11.3 Å². The molecule has 2 N–H and O–H groups in total. The molecular formula is C15H19N3O2S. The Morgan fingerprint density at radius 2 is 2.19 bits per heavy atom. The largest absolute Gasteiger partial charge is 0.368 e. The predicted octanol–water partition coefficient (Wildman–Crippen LogP) is 2.31. The summed E-state index contributed by atoms with van der Waals surface area (Å²) in [6.45, 7) is 3.61. The van der Waals surface area contributed by atoms with Crippen LogP contribution in [0.15, 0.2) is 18.2 Å². The third-order valence-electron chi connectivity index (χ3n) is 4.06. The summed E-state index contributed by atoms with van der Waals surface area (Å²) >= 11 is 1.50. The zero-order chi connectivity index (χ0) is 14.9.